The lowest BCUT2D eigenvalue weighted by Gasteiger charge is -2.05. The third-order valence-corrected chi connectivity index (χ3v) is 5.44. The average Bonchev–Trinajstić information content (AvgIpc) is 2.81. The van der Waals surface area contributed by atoms with Crippen LogP contribution in [0.4, 0.5) is 0 Å². The highest BCUT2D eigenvalue weighted by Crippen LogP contribution is 2.18. The molecule has 0 amide bonds. The van der Waals surface area contributed by atoms with Crippen LogP contribution in [-0.4, -0.2) is 19.2 Å². The van der Waals surface area contributed by atoms with E-state index < -0.39 is 10.0 Å². The van der Waals surface area contributed by atoms with Crippen LogP contribution in [0, 0.1) is 13.8 Å². The zero-order chi connectivity index (χ0) is 17.3. The number of rotatable bonds is 4. The summed E-state index contributed by atoms with van der Waals surface area (Å²) in [5, 5.41) is 5.78. The van der Waals surface area contributed by atoms with Crippen molar-refractivity contribution in [2.45, 2.75) is 18.7 Å². The first-order chi connectivity index (χ1) is 11.4. The molecule has 0 fully saturated rings. The van der Waals surface area contributed by atoms with Crippen molar-refractivity contribution >= 4 is 27.0 Å². The average molecular weight is 341 g/mol. The van der Waals surface area contributed by atoms with Gasteiger partial charge in [-0.1, -0.05) is 30.3 Å². The van der Waals surface area contributed by atoms with Crippen molar-refractivity contribution < 1.29 is 8.42 Å². The predicted octanol–water partition coefficient (Wildman–Crippen LogP) is 3.11. The Bertz CT molecular complexity index is 1030. The Morgan fingerprint density at radius 1 is 1.04 bits per heavy atom. The molecule has 1 aromatic heterocycles. The van der Waals surface area contributed by atoms with Crippen LogP contribution in [0.15, 0.2) is 58.5 Å². The highest BCUT2D eigenvalue weighted by molar-refractivity contribution is 7.89. The van der Waals surface area contributed by atoms with Crippen molar-refractivity contribution in [3.8, 4) is 0 Å². The van der Waals surface area contributed by atoms with Crippen LogP contribution >= 0.6 is 0 Å². The first-order valence-corrected chi connectivity index (χ1v) is 9.03. The van der Waals surface area contributed by atoms with Gasteiger partial charge in [0.15, 0.2) is 0 Å². The molecule has 5 nitrogen and oxygen atoms in total. The summed E-state index contributed by atoms with van der Waals surface area (Å²) in [7, 11) is -1.73. The highest BCUT2D eigenvalue weighted by Gasteiger charge is 2.13. The summed E-state index contributed by atoms with van der Waals surface area (Å²) in [5.74, 6) is 0. The van der Waals surface area contributed by atoms with Gasteiger partial charge in [0.2, 0.25) is 0 Å². The van der Waals surface area contributed by atoms with E-state index in [2.05, 4.69) is 9.93 Å². The number of benzene rings is 2. The maximum atomic E-state index is 12.4. The van der Waals surface area contributed by atoms with Gasteiger partial charge in [0.05, 0.1) is 11.1 Å². The summed E-state index contributed by atoms with van der Waals surface area (Å²) >= 11 is 0. The van der Waals surface area contributed by atoms with E-state index in [0.717, 1.165) is 27.7 Å². The summed E-state index contributed by atoms with van der Waals surface area (Å²) in [6.45, 7) is 3.95. The number of fused-ring (bicyclic) bond motifs is 1. The molecule has 3 aromatic rings. The minimum absolute atomic E-state index is 0.194. The van der Waals surface area contributed by atoms with Gasteiger partial charge in [-0.25, -0.2) is 4.83 Å². The maximum Gasteiger partial charge on any atom is 0.276 e. The fraction of sp³-hybridized carbons (Fsp3) is 0.167. The van der Waals surface area contributed by atoms with Crippen LogP contribution in [0.2, 0.25) is 0 Å². The summed E-state index contributed by atoms with van der Waals surface area (Å²) in [6, 6.07) is 14.6. The van der Waals surface area contributed by atoms with E-state index in [0.29, 0.717) is 0 Å². The quantitative estimate of drug-likeness (QED) is 0.585. The molecule has 0 unspecified atom stereocenters. The molecule has 0 aliphatic heterocycles. The summed E-state index contributed by atoms with van der Waals surface area (Å²) in [5.41, 5.74) is 3.00. The van der Waals surface area contributed by atoms with Crippen LogP contribution in [-0.2, 0) is 17.1 Å². The SMILES string of the molecule is Cc1cc(/C=N/NS(=O)(=O)c2ccc3ccccc3c2)c(C)n1C. The standard InChI is InChI=1S/C18H19N3O2S/c1-13-10-17(14(2)21(13)3)12-19-20-24(22,23)18-9-8-15-6-4-5-7-16(15)11-18/h4-12,20H,1-3H3/b19-12+. The molecule has 0 saturated carbocycles. The van der Waals surface area contributed by atoms with E-state index >= 15 is 0 Å². The minimum atomic E-state index is -3.69. The second-order valence-corrected chi connectivity index (χ2v) is 7.41. The van der Waals surface area contributed by atoms with Gasteiger partial charge in [-0.2, -0.15) is 13.5 Å². The Labute approximate surface area is 141 Å². The molecule has 0 spiro atoms. The van der Waals surface area contributed by atoms with Gasteiger partial charge in [0, 0.05) is 24.0 Å². The molecule has 24 heavy (non-hydrogen) atoms. The van der Waals surface area contributed by atoms with Gasteiger partial charge < -0.3 is 4.57 Å². The summed E-state index contributed by atoms with van der Waals surface area (Å²) in [6.07, 6.45) is 1.53. The molecule has 0 aliphatic rings. The number of sulfonamides is 1. The number of nitrogens with one attached hydrogen (secondary N) is 1. The van der Waals surface area contributed by atoms with Crippen molar-refractivity contribution in [1.82, 2.24) is 9.40 Å². The third kappa shape index (κ3) is 3.05. The van der Waals surface area contributed by atoms with Gasteiger partial charge in [-0.15, -0.1) is 0 Å². The number of hydrazone groups is 1. The molecule has 1 N–H and O–H groups in total. The molecule has 3 rings (SSSR count). The monoisotopic (exact) mass is 341 g/mol. The molecule has 0 radical (unpaired) electrons. The van der Waals surface area contributed by atoms with Crippen LogP contribution in [0.5, 0.6) is 0 Å². The van der Waals surface area contributed by atoms with Gasteiger partial charge in [0.25, 0.3) is 10.0 Å². The lowest BCUT2D eigenvalue weighted by atomic mass is 10.1. The Morgan fingerprint density at radius 2 is 1.75 bits per heavy atom. The molecular weight excluding hydrogens is 322 g/mol. The molecule has 6 heteroatoms. The van der Waals surface area contributed by atoms with E-state index in [1.807, 2.05) is 55.8 Å². The smallest absolute Gasteiger partial charge is 0.276 e. The zero-order valence-corrected chi connectivity index (χ0v) is 14.6. The highest BCUT2D eigenvalue weighted by atomic mass is 32.2. The van der Waals surface area contributed by atoms with E-state index in [-0.39, 0.29) is 4.90 Å². The largest absolute Gasteiger partial charge is 0.352 e. The topological polar surface area (TPSA) is 63.5 Å². The van der Waals surface area contributed by atoms with Crippen LogP contribution < -0.4 is 4.83 Å². The van der Waals surface area contributed by atoms with Gasteiger partial charge in [-0.3, -0.25) is 0 Å². The summed E-state index contributed by atoms with van der Waals surface area (Å²) < 4.78 is 26.8. The normalized spacial score (nSPS) is 12.1. The second-order valence-electron chi connectivity index (χ2n) is 5.75. The van der Waals surface area contributed by atoms with Crippen molar-refractivity contribution in [3.05, 3.63) is 65.5 Å². The van der Waals surface area contributed by atoms with Gasteiger partial charge in [-0.05, 0) is 42.8 Å². The van der Waals surface area contributed by atoms with Crippen molar-refractivity contribution in [3.63, 3.8) is 0 Å². The number of hydrogen-bond donors (Lipinski definition) is 1. The van der Waals surface area contributed by atoms with E-state index in [1.165, 1.54) is 6.21 Å². The number of aryl methyl sites for hydroxylation is 1. The third-order valence-electron chi connectivity index (χ3n) is 4.22. The number of nitrogens with zero attached hydrogens (tertiary/aromatic N) is 2. The van der Waals surface area contributed by atoms with E-state index in [4.69, 9.17) is 0 Å². The maximum absolute atomic E-state index is 12.4. The Kier molecular flexibility index (Phi) is 4.15. The molecule has 124 valence electrons. The van der Waals surface area contributed by atoms with E-state index in [1.54, 1.807) is 18.2 Å². The van der Waals surface area contributed by atoms with Crippen LogP contribution in [0.25, 0.3) is 10.8 Å². The first-order valence-electron chi connectivity index (χ1n) is 7.55. The van der Waals surface area contributed by atoms with Crippen molar-refractivity contribution in [2.24, 2.45) is 12.1 Å². The fourth-order valence-corrected chi connectivity index (χ4v) is 3.39. The fourth-order valence-electron chi connectivity index (χ4n) is 2.57. The molecule has 0 bridgehead atoms. The molecule has 0 aliphatic carbocycles. The molecular formula is C18H19N3O2S. The number of aromatic nitrogens is 1. The Hall–Kier alpha value is -2.60. The van der Waals surface area contributed by atoms with E-state index in [9.17, 15) is 8.42 Å². The van der Waals surface area contributed by atoms with Gasteiger partial charge in [0.1, 0.15) is 0 Å². The molecule has 2 aromatic carbocycles. The lowest BCUT2D eigenvalue weighted by molar-refractivity contribution is 0.585. The summed E-state index contributed by atoms with van der Waals surface area (Å²) in [4.78, 5) is 2.47. The van der Waals surface area contributed by atoms with Gasteiger partial charge >= 0.3 is 0 Å². The second kappa shape index (κ2) is 6.13. The Balaban J connectivity index is 1.84. The van der Waals surface area contributed by atoms with Crippen LogP contribution in [0.3, 0.4) is 0 Å². The van der Waals surface area contributed by atoms with Crippen molar-refractivity contribution in [2.75, 3.05) is 0 Å². The minimum Gasteiger partial charge on any atom is -0.352 e. The molecule has 1 heterocycles. The predicted molar refractivity (Wildman–Crippen MR) is 96.8 cm³/mol. The molecule has 0 atom stereocenters. The van der Waals surface area contributed by atoms with Crippen LogP contribution in [0.1, 0.15) is 17.0 Å². The van der Waals surface area contributed by atoms with Crippen molar-refractivity contribution in [1.29, 1.82) is 0 Å². The lowest BCUT2D eigenvalue weighted by Crippen LogP contribution is -2.18. The number of hydrogen-bond acceptors (Lipinski definition) is 3. The molecule has 0 saturated heterocycles. The first kappa shape index (κ1) is 16.3. The zero-order valence-electron chi connectivity index (χ0n) is 13.8. The Morgan fingerprint density at radius 3 is 2.42 bits per heavy atom.